The second-order valence-corrected chi connectivity index (χ2v) is 5.40. The van der Waals surface area contributed by atoms with E-state index < -0.39 is 21.4 Å². The maximum Gasteiger partial charge on any atom is 0.227 e. The summed E-state index contributed by atoms with van der Waals surface area (Å²) >= 11 is 0. The zero-order valence-electron chi connectivity index (χ0n) is 9.10. The van der Waals surface area contributed by atoms with Gasteiger partial charge in [-0.1, -0.05) is 6.92 Å². The summed E-state index contributed by atoms with van der Waals surface area (Å²) < 4.78 is 25.2. The summed E-state index contributed by atoms with van der Waals surface area (Å²) in [5.41, 5.74) is 0. The average Bonchev–Trinajstić information content (AvgIpc) is 2.14. The van der Waals surface area contributed by atoms with E-state index in [-0.39, 0.29) is 13.0 Å². The maximum absolute atomic E-state index is 11.4. The molecule has 5 nitrogen and oxygen atoms in total. The Balaban J connectivity index is 4.01. The SMILES string of the molecule is CCC(C#N)S(=O)(=O)NCCCC(C)O. The lowest BCUT2D eigenvalue weighted by atomic mass is 10.2. The van der Waals surface area contributed by atoms with Gasteiger partial charge in [0.05, 0.1) is 12.2 Å². The van der Waals surface area contributed by atoms with Crippen LogP contribution < -0.4 is 4.72 Å². The molecule has 0 saturated heterocycles. The number of hydrogen-bond donors (Lipinski definition) is 2. The van der Waals surface area contributed by atoms with Crippen LogP contribution in [0.15, 0.2) is 0 Å². The van der Waals surface area contributed by atoms with E-state index in [1.807, 2.05) is 0 Å². The first-order valence-electron chi connectivity index (χ1n) is 5.00. The zero-order valence-corrected chi connectivity index (χ0v) is 9.92. The highest BCUT2D eigenvalue weighted by Crippen LogP contribution is 2.03. The van der Waals surface area contributed by atoms with Crippen molar-refractivity contribution in [3.8, 4) is 6.07 Å². The number of aliphatic hydroxyl groups excluding tert-OH is 1. The van der Waals surface area contributed by atoms with Crippen LogP contribution in [0.5, 0.6) is 0 Å². The number of rotatable bonds is 7. The van der Waals surface area contributed by atoms with Crippen molar-refractivity contribution >= 4 is 10.0 Å². The van der Waals surface area contributed by atoms with Gasteiger partial charge < -0.3 is 5.11 Å². The molecule has 0 fully saturated rings. The number of nitrogens with zero attached hydrogens (tertiary/aromatic N) is 1. The molecule has 6 heteroatoms. The van der Waals surface area contributed by atoms with Crippen LogP contribution in [0.2, 0.25) is 0 Å². The Morgan fingerprint density at radius 3 is 2.53 bits per heavy atom. The molecule has 0 spiro atoms. The van der Waals surface area contributed by atoms with E-state index in [2.05, 4.69) is 4.72 Å². The molecule has 0 aliphatic carbocycles. The van der Waals surface area contributed by atoms with Gasteiger partial charge in [0, 0.05) is 6.54 Å². The van der Waals surface area contributed by atoms with Gasteiger partial charge in [-0.2, -0.15) is 5.26 Å². The molecule has 2 N–H and O–H groups in total. The topological polar surface area (TPSA) is 90.2 Å². The molecule has 88 valence electrons. The Hall–Kier alpha value is -0.640. The fourth-order valence-corrected chi connectivity index (χ4v) is 2.30. The first-order valence-corrected chi connectivity index (χ1v) is 6.54. The van der Waals surface area contributed by atoms with E-state index >= 15 is 0 Å². The Bertz CT molecular complexity index is 306. The lowest BCUT2D eigenvalue weighted by Gasteiger charge is -2.10. The second kappa shape index (κ2) is 6.77. The standard InChI is InChI=1S/C9H18N2O3S/c1-3-9(7-10)15(13,14)11-6-4-5-8(2)12/h8-9,11-12H,3-6H2,1-2H3. The summed E-state index contributed by atoms with van der Waals surface area (Å²) in [7, 11) is -3.51. The minimum absolute atomic E-state index is 0.269. The van der Waals surface area contributed by atoms with Gasteiger partial charge in [0.1, 0.15) is 0 Å². The molecule has 0 amide bonds. The number of sulfonamides is 1. The monoisotopic (exact) mass is 234 g/mol. The highest BCUT2D eigenvalue weighted by atomic mass is 32.2. The Morgan fingerprint density at radius 1 is 1.53 bits per heavy atom. The fraction of sp³-hybridized carbons (Fsp3) is 0.889. The molecule has 0 aliphatic heterocycles. The van der Waals surface area contributed by atoms with Gasteiger partial charge in [0.15, 0.2) is 5.25 Å². The fourth-order valence-electron chi connectivity index (χ4n) is 1.09. The van der Waals surface area contributed by atoms with E-state index in [9.17, 15) is 8.42 Å². The molecule has 0 saturated carbocycles. The van der Waals surface area contributed by atoms with Crippen LogP contribution in [0.1, 0.15) is 33.1 Å². The molecule has 0 aromatic heterocycles. The largest absolute Gasteiger partial charge is 0.393 e. The summed E-state index contributed by atoms with van der Waals surface area (Å²) in [6.07, 6.45) is 0.972. The highest BCUT2D eigenvalue weighted by Gasteiger charge is 2.22. The molecular formula is C9H18N2O3S. The number of hydrogen-bond acceptors (Lipinski definition) is 4. The number of nitrogens with one attached hydrogen (secondary N) is 1. The van der Waals surface area contributed by atoms with Gasteiger partial charge in [-0.05, 0) is 26.2 Å². The van der Waals surface area contributed by atoms with Crippen LogP contribution in [0.25, 0.3) is 0 Å². The molecular weight excluding hydrogens is 216 g/mol. The third kappa shape index (κ3) is 5.72. The summed E-state index contributed by atoms with van der Waals surface area (Å²) in [6.45, 7) is 3.58. The van der Waals surface area contributed by atoms with Crippen molar-refractivity contribution in [1.82, 2.24) is 4.72 Å². The van der Waals surface area contributed by atoms with Gasteiger partial charge in [-0.25, -0.2) is 13.1 Å². The van der Waals surface area contributed by atoms with Crippen LogP contribution in [0, 0.1) is 11.3 Å². The molecule has 0 radical (unpaired) electrons. The molecule has 0 rings (SSSR count). The van der Waals surface area contributed by atoms with Crippen molar-refractivity contribution in [2.24, 2.45) is 0 Å². The molecule has 0 heterocycles. The molecule has 2 unspecified atom stereocenters. The lowest BCUT2D eigenvalue weighted by molar-refractivity contribution is 0.182. The van der Waals surface area contributed by atoms with Crippen LogP contribution >= 0.6 is 0 Å². The highest BCUT2D eigenvalue weighted by molar-refractivity contribution is 7.90. The van der Waals surface area contributed by atoms with Gasteiger partial charge in [-0.15, -0.1) is 0 Å². The number of aliphatic hydroxyl groups is 1. The minimum atomic E-state index is -3.51. The number of nitriles is 1. The quantitative estimate of drug-likeness (QED) is 0.623. The smallest absolute Gasteiger partial charge is 0.227 e. The zero-order chi connectivity index (χ0) is 11.9. The molecule has 0 aromatic carbocycles. The van der Waals surface area contributed by atoms with Crippen molar-refractivity contribution in [3.63, 3.8) is 0 Å². The van der Waals surface area contributed by atoms with Crippen LogP contribution in [0.4, 0.5) is 0 Å². The minimum Gasteiger partial charge on any atom is -0.393 e. The van der Waals surface area contributed by atoms with Gasteiger partial charge in [-0.3, -0.25) is 0 Å². The van der Waals surface area contributed by atoms with E-state index in [0.717, 1.165) is 0 Å². The first-order chi connectivity index (χ1) is 6.94. The third-order valence-electron chi connectivity index (χ3n) is 1.99. The molecule has 2 atom stereocenters. The van der Waals surface area contributed by atoms with Gasteiger partial charge in [0.2, 0.25) is 10.0 Å². The maximum atomic E-state index is 11.4. The van der Waals surface area contributed by atoms with Crippen LogP contribution in [-0.4, -0.2) is 31.4 Å². The van der Waals surface area contributed by atoms with E-state index in [0.29, 0.717) is 12.8 Å². The van der Waals surface area contributed by atoms with E-state index in [1.165, 1.54) is 0 Å². The molecule has 0 aliphatic rings. The van der Waals surface area contributed by atoms with E-state index in [4.69, 9.17) is 10.4 Å². The van der Waals surface area contributed by atoms with Crippen molar-refractivity contribution < 1.29 is 13.5 Å². The molecule has 0 aromatic rings. The predicted molar refractivity (Wildman–Crippen MR) is 57.5 cm³/mol. The van der Waals surface area contributed by atoms with Crippen LogP contribution in [-0.2, 0) is 10.0 Å². The predicted octanol–water partition coefficient (Wildman–Crippen LogP) is 0.369. The Kier molecular flexibility index (Phi) is 6.48. The summed E-state index contributed by atoms with van der Waals surface area (Å²) in [5.74, 6) is 0. The first kappa shape index (κ1) is 14.4. The molecule has 0 bridgehead atoms. The van der Waals surface area contributed by atoms with Crippen molar-refractivity contribution in [3.05, 3.63) is 0 Å². The van der Waals surface area contributed by atoms with Gasteiger partial charge >= 0.3 is 0 Å². The van der Waals surface area contributed by atoms with E-state index in [1.54, 1.807) is 19.9 Å². The van der Waals surface area contributed by atoms with Crippen molar-refractivity contribution in [2.75, 3.05) is 6.54 Å². The average molecular weight is 234 g/mol. The normalized spacial score (nSPS) is 15.6. The molecule has 15 heavy (non-hydrogen) atoms. The second-order valence-electron chi connectivity index (χ2n) is 3.46. The Morgan fingerprint density at radius 2 is 2.13 bits per heavy atom. The Labute approximate surface area is 91.2 Å². The van der Waals surface area contributed by atoms with Crippen molar-refractivity contribution in [1.29, 1.82) is 5.26 Å². The van der Waals surface area contributed by atoms with Gasteiger partial charge in [0.25, 0.3) is 0 Å². The summed E-state index contributed by atoms with van der Waals surface area (Å²) in [6, 6.07) is 1.74. The van der Waals surface area contributed by atoms with Crippen molar-refractivity contribution in [2.45, 2.75) is 44.5 Å². The summed E-state index contributed by atoms with van der Waals surface area (Å²) in [4.78, 5) is 0. The summed E-state index contributed by atoms with van der Waals surface area (Å²) in [5, 5.41) is 16.6. The third-order valence-corrected chi connectivity index (χ3v) is 3.79. The van der Waals surface area contributed by atoms with Crippen LogP contribution in [0.3, 0.4) is 0 Å². The lowest BCUT2D eigenvalue weighted by Crippen LogP contribution is -2.34.